The molecule has 0 aliphatic carbocycles. The van der Waals surface area contributed by atoms with Crippen LogP contribution in [-0.2, 0) is 11.8 Å². The van der Waals surface area contributed by atoms with E-state index < -0.39 is 5.97 Å². The van der Waals surface area contributed by atoms with Gasteiger partial charge in [-0.15, -0.1) is 0 Å². The summed E-state index contributed by atoms with van der Waals surface area (Å²) in [5.41, 5.74) is 3.05. The molecule has 6 nitrogen and oxygen atoms in total. The average molecular weight is 270 g/mol. The number of carbonyl (C=O) groups excluding carboxylic acids is 1. The van der Waals surface area contributed by atoms with E-state index in [1.165, 1.54) is 0 Å². The van der Waals surface area contributed by atoms with Gasteiger partial charge in [0, 0.05) is 36.8 Å². The molecule has 0 atom stereocenters. The zero-order valence-corrected chi connectivity index (χ0v) is 11.3. The summed E-state index contributed by atoms with van der Waals surface area (Å²) in [6.45, 7) is 2.11. The van der Waals surface area contributed by atoms with Gasteiger partial charge in [-0.1, -0.05) is 0 Å². The van der Waals surface area contributed by atoms with E-state index in [0.29, 0.717) is 17.9 Å². The monoisotopic (exact) mass is 270 g/mol. The number of aryl methyl sites for hydroxylation is 1. The molecule has 0 aromatic carbocycles. The normalized spacial score (nSPS) is 10.9. The first kappa shape index (κ1) is 12.4. The number of aromatic nitrogens is 4. The van der Waals surface area contributed by atoms with Gasteiger partial charge in [-0.2, -0.15) is 5.10 Å². The predicted octanol–water partition coefficient (Wildman–Crippen LogP) is 1.91. The lowest BCUT2D eigenvalue weighted by Crippen LogP contribution is -2.04. The Balaban J connectivity index is 2.01. The van der Waals surface area contributed by atoms with E-state index in [9.17, 15) is 4.79 Å². The zero-order chi connectivity index (χ0) is 14.1. The molecule has 3 heterocycles. The maximum absolute atomic E-state index is 11.7. The Hall–Kier alpha value is -2.63. The van der Waals surface area contributed by atoms with Crippen molar-refractivity contribution in [2.24, 2.45) is 7.05 Å². The summed E-state index contributed by atoms with van der Waals surface area (Å²) in [5.74, 6) is -0.404. The van der Waals surface area contributed by atoms with Crippen molar-refractivity contribution in [3.8, 4) is 11.1 Å². The minimum atomic E-state index is -0.404. The Kier molecular flexibility index (Phi) is 2.98. The molecule has 0 saturated heterocycles. The van der Waals surface area contributed by atoms with Crippen LogP contribution in [0.25, 0.3) is 16.8 Å². The number of ether oxygens (including phenoxy) is 1. The fourth-order valence-electron chi connectivity index (χ4n) is 2.04. The second kappa shape index (κ2) is 4.80. The van der Waals surface area contributed by atoms with Gasteiger partial charge in [-0.25, -0.2) is 9.78 Å². The van der Waals surface area contributed by atoms with Crippen LogP contribution in [0.15, 0.2) is 36.9 Å². The number of imidazole rings is 1. The van der Waals surface area contributed by atoms with E-state index in [2.05, 4.69) is 10.1 Å². The van der Waals surface area contributed by atoms with Crippen molar-refractivity contribution in [1.82, 2.24) is 19.2 Å². The van der Waals surface area contributed by atoms with Crippen molar-refractivity contribution in [3.05, 3.63) is 42.6 Å². The van der Waals surface area contributed by atoms with E-state index >= 15 is 0 Å². The fraction of sp³-hybridized carbons (Fsp3) is 0.214. The zero-order valence-electron chi connectivity index (χ0n) is 11.3. The van der Waals surface area contributed by atoms with Crippen molar-refractivity contribution < 1.29 is 9.53 Å². The van der Waals surface area contributed by atoms with Crippen LogP contribution in [0.5, 0.6) is 0 Å². The van der Waals surface area contributed by atoms with Crippen molar-refractivity contribution in [3.63, 3.8) is 0 Å². The van der Waals surface area contributed by atoms with Crippen LogP contribution in [0.1, 0.15) is 17.4 Å². The summed E-state index contributed by atoms with van der Waals surface area (Å²) in [6, 6.07) is 3.82. The van der Waals surface area contributed by atoms with Crippen molar-refractivity contribution in [1.29, 1.82) is 0 Å². The summed E-state index contributed by atoms with van der Waals surface area (Å²) in [6.07, 6.45) is 7.32. The molecule has 0 saturated carbocycles. The largest absolute Gasteiger partial charge is 0.461 e. The van der Waals surface area contributed by atoms with Crippen LogP contribution in [0, 0.1) is 0 Å². The first-order valence-electron chi connectivity index (χ1n) is 6.32. The van der Waals surface area contributed by atoms with E-state index in [0.717, 1.165) is 11.1 Å². The quantitative estimate of drug-likeness (QED) is 0.682. The number of nitrogens with zero attached hydrogens (tertiary/aromatic N) is 4. The molecule has 0 aliphatic rings. The Labute approximate surface area is 115 Å². The van der Waals surface area contributed by atoms with Crippen molar-refractivity contribution in [2.75, 3.05) is 6.61 Å². The Morgan fingerprint density at radius 1 is 1.25 bits per heavy atom. The molecule has 102 valence electrons. The minimum Gasteiger partial charge on any atom is -0.461 e. The van der Waals surface area contributed by atoms with Gasteiger partial charge in [0.2, 0.25) is 0 Å². The van der Waals surface area contributed by atoms with Crippen molar-refractivity contribution >= 4 is 11.6 Å². The first-order chi connectivity index (χ1) is 9.67. The second-order valence-electron chi connectivity index (χ2n) is 4.43. The first-order valence-corrected chi connectivity index (χ1v) is 6.32. The smallest absolute Gasteiger partial charge is 0.358 e. The molecule has 0 unspecified atom stereocenters. The number of esters is 1. The average Bonchev–Trinajstić information content (AvgIpc) is 3.04. The van der Waals surface area contributed by atoms with Crippen molar-refractivity contribution in [2.45, 2.75) is 6.92 Å². The molecule has 6 heteroatoms. The summed E-state index contributed by atoms with van der Waals surface area (Å²) in [5, 5.41) is 4.15. The van der Waals surface area contributed by atoms with Gasteiger partial charge >= 0.3 is 5.97 Å². The molecule has 0 amide bonds. The number of hydrogen-bond acceptors (Lipinski definition) is 4. The second-order valence-corrected chi connectivity index (χ2v) is 4.43. The summed E-state index contributed by atoms with van der Waals surface area (Å²) < 4.78 is 8.51. The number of fused-ring (bicyclic) bond motifs is 1. The molecule has 3 rings (SSSR count). The van der Waals surface area contributed by atoms with Crippen LogP contribution in [0.2, 0.25) is 0 Å². The minimum absolute atomic E-state index is 0.315. The molecule has 20 heavy (non-hydrogen) atoms. The van der Waals surface area contributed by atoms with E-state index in [4.69, 9.17) is 4.74 Å². The number of carbonyl (C=O) groups is 1. The molecular formula is C14H14N4O2. The van der Waals surface area contributed by atoms with Crippen LogP contribution in [0.4, 0.5) is 0 Å². The third-order valence-corrected chi connectivity index (χ3v) is 2.97. The van der Waals surface area contributed by atoms with Crippen LogP contribution in [0.3, 0.4) is 0 Å². The molecule has 0 radical (unpaired) electrons. The summed E-state index contributed by atoms with van der Waals surface area (Å²) >= 11 is 0. The highest BCUT2D eigenvalue weighted by Crippen LogP contribution is 2.19. The lowest BCUT2D eigenvalue weighted by Gasteiger charge is -1.98. The van der Waals surface area contributed by atoms with E-state index in [1.807, 2.05) is 36.0 Å². The Morgan fingerprint density at radius 2 is 2.10 bits per heavy atom. The molecule has 3 aromatic heterocycles. The highest BCUT2D eigenvalue weighted by molar-refractivity contribution is 5.88. The summed E-state index contributed by atoms with van der Waals surface area (Å²) in [7, 11) is 1.87. The van der Waals surface area contributed by atoms with E-state index in [-0.39, 0.29) is 0 Å². The third kappa shape index (κ3) is 2.16. The SMILES string of the molecule is CCOC(=O)c1cn2cc(-c3cnn(C)c3)ccc2n1. The summed E-state index contributed by atoms with van der Waals surface area (Å²) in [4.78, 5) is 15.9. The Bertz CT molecular complexity index is 772. The highest BCUT2D eigenvalue weighted by atomic mass is 16.5. The fourth-order valence-corrected chi connectivity index (χ4v) is 2.04. The molecule has 0 aliphatic heterocycles. The number of hydrogen-bond donors (Lipinski definition) is 0. The van der Waals surface area contributed by atoms with Gasteiger partial charge in [0.1, 0.15) is 5.65 Å². The predicted molar refractivity (Wildman–Crippen MR) is 73.4 cm³/mol. The molecule has 0 fully saturated rings. The Morgan fingerprint density at radius 3 is 2.80 bits per heavy atom. The molecule has 3 aromatic rings. The molecule has 0 bridgehead atoms. The lowest BCUT2D eigenvalue weighted by molar-refractivity contribution is 0.0520. The topological polar surface area (TPSA) is 61.4 Å². The number of pyridine rings is 1. The lowest BCUT2D eigenvalue weighted by atomic mass is 10.2. The maximum Gasteiger partial charge on any atom is 0.358 e. The van der Waals surface area contributed by atoms with Crippen LogP contribution in [-0.4, -0.2) is 31.7 Å². The standard InChI is InChI=1S/C14H14N4O2/c1-3-20-14(19)12-9-18-8-10(4-5-13(18)16-12)11-6-15-17(2)7-11/h4-9H,3H2,1-2H3. The molecular weight excluding hydrogens is 256 g/mol. The van der Waals surface area contributed by atoms with Crippen LogP contribution >= 0.6 is 0 Å². The highest BCUT2D eigenvalue weighted by Gasteiger charge is 2.12. The van der Waals surface area contributed by atoms with Gasteiger partial charge in [-0.3, -0.25) is 4.68 Å². The third-order valence-electron chi connectivity index (χ3n) is 2.97. The van der Waals surface area contributed by atoms with Gasteiger partial charge in [0.25, 0.3) is 0 Å². The van der Waals surface area contributed by atoms with Gasteiger partial charge < -0.3 is 9.14 Å². The van der Waals surface area contributed by atoms with Gasteiger partial charge in [-0.05, 0) is 19.1 Å². The molecule has 0 N–H and O–H groups in total. The van der Waals surface area contributed by atoms with Gasteiger partial charge in [0.05, 0.1) is 12.8 Å². The molecule has 0 spiro atoms. The van der Waals surface area contributed by atoms with E-state index in [1.54, 1.807) is 24.0 Å². The van der Waals surface area contributed by atoms with Crippen LogP contribution < -0.4 is 0 Å². The number of rotatable bonds is 3. The maximum atomic E-state index is 11.7. The van der Waals surface area contributed by atoms with Gasteiger partial charge in [0.15, 0.2) is 5.69 Å².